The average molecular weight is 415 g/mol. The molecule has 1 saturated heterocycles. The molecule has 1 aliphatic heterocycles. The zero-order valence-electron chi connectivity index (χ0n) is 16.7. The SMILES string of the molecule is CCn1ccnc1CNC(=O)[C@H]1OCC(=O)N(C2CC2)[C@@H]1c1cccnc1.O=CO. The van der Waals surface area contributed by atoms with Gasteiger partial charge in [-0.1, -0.05) is 6.07 Å². The minimum atomic E-state index is -0.766. The van der Waals surface area contributed by atoms with E-state index in [1.54, 1.807) is 18.6 Å². The van der Waals surface area contributed by atoms with E-state index in [1.165, 1.54) is 0 Å². The van der Waals surface area contributed by atoms with Crippen LogP contribution in [0.4, 0.5) is 0 Å². The number of morpholine rings is 1. The van der Waals surface area contributed by atoms with E-state index in [-0.39, 0.29) is 30.9 Å². The first-order chi connectivity index (χ1) is 14.6. The molecule has 10 heteroatoms. The summed E-state index contributed by atoms with van der Waals surface area (Å²) in [4.78, 5) is 44.1. The normalized spacial score (nSPS) is 20.8. The lowest BCUT2D eigenvalue weighted by Crippen LogP contribution is -2.55. The number of aryl methyl sites for hydroxylation is 1. The molecule has 4 rings (SSSR count). The summed E-state index contributed by atoms with van der Waals surface area (Å²) in [7, 11) is 0. The van der Waals surface area contributed by atoms with E-state index in [0.29, 0.717) is 6.54 Å². The number of aromatic nitrogens is 3. The van der Waals surface area contributed by atoms with Gasteiger partial charge in [-0.05, 0) is 31.4 Å². The van der Waals surface area contributed by atoms with E-state index in [9.17, 15) is 9.59 Å². The summed E-state index contributed by atoms with van der Waals surface area (Å²) >= 11 is 0. The third-order valence-corrected chi connectivity index (χ3v) is 5.05. The number of amides is 2. The number of imidazole rings is 1. The van der Waals surface area contributed by atoms with Gasteiger partial charge in [-0.3, -0.25) is 19.4 Å². The van der Waals surface area contributed by atoms with Crippen molar-refractivity contribution in [3.63, 3.8) is 0 Å². The number of pyridine rings is 1. The summed E-state index contributed by atoms with van der Waals surface area (Å²) in [6, 6.07) is 3.42. The standard InChI is InChI=1S/C19H23N5O3.CH2O2/c1-2-23-9-8-21-15(23)11-22-19(26)18-17(13-4-3-7-20-10-13)24(14-5-6-14)16(25)12-27-18;2-1-3/h3-4,7-10,14,17-18H,2,5-6,11-12H2,1H3,(H,22,26);1H,(H,2,3)/t17-,18+;/m1./s1. The molecule has 0 radical (unpaired) electrons. The summed E-state index contributed by atoms with van der Waals surface area (Å²) in [5, 5.41) is 9.81. The Morgan fingerprint density at radius 2 is 2.17 bits per heavy atom. The zero-order valence-corrected chi connectivity index (χ0v) is 16.7. The van der Waals surface area contributed by atoms with Gasteiger partial charge in [0.05, 0.1) is 12.6 Å². The molecule has 3 heterocycles. The summed E-state index contributed by atoms with van der Waals surface area (Å²) in [5.74, 6) is 0.472. The Balaban J connectivity index is 0.000000806. The first-order valence-corrected chi connectivity index (χ1v) is 9.79. The Hall–Kier alpha value is -3.27. The van der Waals surface area contributed by atoms with Gasteiger partial charge in [-0.25, -0.2) is 4.98 Å². The van der Waals surface area contributed by atoms with Crippen LogP contribution in [0, 0.1) is 0 Å². The number of ether oxygens (including phenoxy) is 1. The largest absolute Gasteiger partial charge is 0.483 e. The molecule has 2 aliphatic rings. The Morgan fingerprint density at radius 3 is 2.80 bits per heavy atom. The van der Waals surface area contributed by atoms with Crippen LogP contribution in [0.25, 0.3) is 0 Å². The lowest BCUT2D eigenvalue weighted by Gasteiger charge is -2.40. The van der Waals surface area contributed by atoms with Gasteiger partial charge < -0.3 is 24.6 Å². The van der Waals surface area contributed by atoms with Gasteiger partial charge in [-0.2, -0.15) is 0 Å². The van der Waals surface area contributed by atoms with Crippen LogP contribution in [0.3, 0.4) is 0 Å². The molecule has 1 aliphatic carbocycles. The number of carbonyl (C=O) groups excluding carboxylic acids is 2. The zero-order chi connectivity index (χ0) is 21.5. The van der Waals surface area contributed by atoms with Crippen LogP contribution in [-0.4, -0.2) is 61.6 Å². The number of hydrogen-bond donors (Lipinski definition) is 2. The van der Waals surface area contributed by atoms with Crippen LogP contribution in [0.15, 0.2) is 36.9 Å². The molecule has 30 heavy (non-hydrogen) atoms. The highest BCUT2D eigenvalue weighted by Gasteiger charge is 2.47. The summed E-state index contributed by atoms with van der Waals surface area (Å²) in [5.41, 5.74) is 0.813. The van der Waals surface area contributed by atoms with Crippen molar-refractivity contribution < 1.29 is 24.2 Å². The molecule has 2 atom stereocenters. The van der Waals surface area contributed by atoms with Crippen molar-refractivity contribution in [1.82, 2.24) is 24.8 Å². The van der Waals surface area contributed by atoms with Crippen LogP contribution in [0.5, 0.6) is 0 Å². The van der Waals surface area contributed by atoms with Crippen molar-refractivity contribution >= 4 is 18.3 Å². The minimum absolute atomic E-state index is 0.0723. The predicted molar refractivity (Wildman–Crippen MR) is 105 cm³/mol. The lowest BCUT2D eigenvalue weighted by atomic mass is 9.98. The molecule has 0 unspecified atom stereocenters. The molecule has 0 bridgehead atoms. The van der Waals surface area contributed by atoms with Crippen molar-refractivity contribution in [2.24, 2.45) is 0 Å². The molecule has 2 amide bonds. The van der Waals surface area contributed by atoms with Crippen molar-refractivity contribution in [2.75, 3.05) is 6.61 Å². The molecule has 160 valence electrons. The van der Waals surface area contributed by atoms with Gasteiger partial charge in [0.2, 0.25) is 5.91 Å². The summed E-state index contributed by atoms with van der Waals surface area (Å²) in [6.45, 7) is 2.80. The Labute approximate surface area is 173 Å². The fourth-order valence-electron chi connectivity index (χ4n) is 3.58. The van der Waals surface area contributed by atoms with Gasteiger partial charge in [0.1, 0.15) is 12.4 Å². The van der Waals surface area contributed by atoms with Crippen LogP contribution in [-0.2, 0) is 32.2 Å². The first kappa shape index (κ1) is 21.4. The topological polar surface area (TPSA) is 127 Å². The van der Waals surface area contributed by atoms with Gasteiger partial charge in [0, 0.05) is 37.4 Å². The first-order valence-electron chi connectivity index (χ1n) is 9.79. The van der Waals surface area contributed by atoms with Gasteiger partial charge in [0.15, 0.2) is 6.10 Å². The Kier molecular flexibility index (Phi) is 7.12. The molecule has 2 fully saturated rings. The van der Waals surface area contributed by atoms with Crippen LogP contribution in [0.2, 0.25) is 0 Å². The molecule has 2 aromatic heterocycles. The van der Waals surface area contributed by atoms with Crippen molar-refractivity contribution in [1.29, 1.82) is 0 Å². The number of rotatable bonds is 6. The molecular formula is C20H25N5O5. The summed E-state index contributed by atoms with van der Waals surface area (Å²) in [6.07, 6.45) is 8.13. The predicted octanol–water partition coefficient (Wildman–Crippen LogP) is 0.746. The highest BCUT2D eigenvalue weighted by molar-refractivity contribution is 5.86. The van der Waals surface area contributed by atoms with Gasteiger partial charge in [-0.15, -0.1) is 0 Å². The van der Waals surface area contributed by atoms with Gasteiger partial charge in [0.25, 0.3) is 12.4 Å². The molecule has 0 spiro atoms. The maximum atomic E-state index is 12.9. The molecule has 10 nitrogen and oxygen atoms in total. The molecule has 2 N–H and O–H groups in total. The average Bonchev–Trinajstić information content (AvgIpc) is 3.49. The van der Waals surface area contributed by atoms with Crippen LogP contribution >= 0.6 is 0 Å². The third kappa shape index (κ3) is 4.82. The van der Waals surface area contributed by atoms with Crippen molar-refractivity contribution in [2.45, 2.75) is 51.0 Å². The minimum Gasteiger partial charge on any atom is -0.483 e. The van der Waals surface area contributed by atoms with Crippen molar-refractivity contribution in [3.8, 4) is 0 Å². The second kappa shape index (κ2) is 9.97. The highest BCUT2D eigenvalue weighted by atomic mass is 16.5. The van der Waals surface area contributed by atoms with Crippen LogP contribution < -0.4 is 5.32 Å². The molecule has 1 saturated carbocycles. The fraction of sp³-hybridized carbons (Fsp3) is 0.450. The second-order valence-electron chi connectivity index (χ2n) is 6.95. The monoisotopic (exact) mass is 415 g/mol. The number of nitrogens with zero attached hydrogens (tertiary/aromatic N) is 4. The second-order valence-corrected chi connectivity index (χ2v) is 6.95. The van der Waals surface area contributed by atoms with E-state index in [0.717, 1.165) is 30.8 Å². The number of nitrogens with one attached hydrogen (secondary N) is 1. The fourth-order valence-corrected chi connectivity index (χ4v) is 3.58. The maximum absolute atomic E-state index is 12.9. The summed E-state index contributed by atoms with van der Waals surface area (Å²) < 4.78 is 7.67. The van der Waals surface area contributed by atoms with Crippen molar-refractivity contribution in [3.05, 3.63) is 48.3 Å². The molecule has 2 aromatic rings. The lowest BCUT2D eigenvalue weighted by molar-refractivity contribution is -0.165. The number of hydrogen-bond acceptors (Lipinski definition) is 6. The highest BCUT2D eigenvalue weighted by Crippen LogP contribution is 2.39. The van der Waals surface area contributed by atoms with E-state index in [4.69, 9.17) is 14.6 Å². The smallest absolute Gasteiger partial charge is 0.290 e. The quantitative estimate of drug-likeness (QED) is 0.667. The molecule has 0 aromatic carbocycles. The van der Waals surface area contributed by atoms with Gasteiger partial charge >= 0.3 is 0 Å². The number of carbonyl (C=O) groups is 3. The maximum Gasteiger partial charge on any atom is 0.290 e. The van der Waals surface area contributed by atoms with Crippen LogP contribution in [0.1, 0.15) is 37.2 Å². The number of carboxylic acid groups (broad SMARTS) is 1. The van der Waals surface area contributed by atoms with E-state index >= 15 is 0 Å². The third-order valence-electron chi connectivity index (χ3n) is 5.05. The Morgan fingerprint density at radius 1 is 1.40 bits per heavy atom. The van der Waals surface area contributed by atoms with E-state index in [2.05, 4.69) is 15.3 Å². The Bertz CT molecular complexity index is 867. The van der Waals surface area contributed by atoms with E-state index < -0.39 is 12.1 Å². The van der Waals surface area contributed by atoms with E-state index in [1.807, 2.05) is 34.7 Å². The molecular weight excluding hydrogens is 390 g/mol.